The number of nitrogens with zero attached hydrogens (tertiary/aromatic N) is 2. The summed E-state index contributed by atoms with van der Waals surface area (Å²) in [5.74, 6) is 0.988. The molecule has 1 aromatic heterocycles. The highest BCUT2D eigenvalue weighted by molar-refractivity contribution is 5.92. The van der Waals surface area contributed by atoms with E-state index in [0.29, 0.717) is 24.1 Å². The Morgan fingerprint density at radius 3 is 2.75 bits per heavy atom. The Labute approximate surface area is 163 Å². The average Bonchev–Trinajstić information content (AvgIpc) is 3.16. The molecule has 0 fully saturated rings. The number of aryl methyl sites for hydroxylation is 2. The van der Waals surface area contributed by atoms with Crippen molar-refractivity contribution >= 4 is 11.6 Å². The molecule has 6 heteroatoms. The number of hydrogen-bond donors (Lipinski definition) is 2. The second kappa shape index (κ2) is 8.08. The van der Waals surface area contributed by atoms with E-state index in [-0.39, 0.29) is 5.82 Å². The van der Waals surface area contributed by atoms with Crippen LogP contribution in [0.5, 0.6) is 11.6 Å². The molecule has 0 amide bonds. The van der Waals surface area contributed by atoms with E-state index in [9.17, 15) is 4.39 Å². The molecule has 0 atom stereocenters. The van der Waals surface area contributed by atoms with Gasteiger partial charge in [0.1, 0.15) is 11.6 Å². The number of aliphatic imine (C=N–C) groups is 1. The van der Waals surface area contributed by atoms with E-state index in [2.05, 4.69) is 27.4 Å². The van der Waals surface area contributed by atoms with E-state index in [4.69, 9.17) is 10.5 Å². The number of pyridine rings is 1. The number of nitrogens with one attached hydrogen (secondary N) is 1. The Morgan fingerprint density at radius 2 is 1.89 bits per heavy atom. The van der Waals surface area contributed by atoms with Crippen molar-refractivity contribution in [3.8, 4) is 11.6 Å². The van der Waals surface area contributed by atoms with Crippen LogP contribution in [0.4, 0.5) is 10.1 Å². The third-order valence-electron chi connectivity index (χ3n) is 4.64. The normalized spacial score (nSPS) is 13.2. The minimum absolute atomic E-state index is 0.310. The van der Waals surface area contributed by atoms with E-state index in [1.54, 1.807) is 24.4 Å². The minimum Gasteiger partial charge on any atom is -0.439 e. The van der Waals surface area contributed by atoms with Gasteiger partial charge in [0.2, 0.25) is 5.88 Å². The topological polar surface area (TPSA) is 72.5 Å². The van der Waals surface area contributed by atoms with Crippen molar-refractivity contribution in [1.82, 2.24) is 4.98 Å². The fourth-order valence-corrected chi connectivity index (χ4v) is 3.24. The van der Waals surface area contributed by atoms with E-state index >= 15 is 0 Å². The van der Waals surface area contributed by atoms with Crippen molar-refractivity contribution in [2.45, 2.75) is 25.8 Å². The van der Waals surface area contributed by atoms with Crippen molar-refractivity contribution in [1.29, 1.82) is 0 Å². The van der Waals surface area contributed by atoms with Crippen molar-refractivity contribution in [2.24, 2.45) is 10.7 Å². The van der Waals surface area contributed by atoms with Crippen LogP contribution in [0.1, 0.15) is 23.1 Å². The lowest BCUT2D eigenvalue weighted by Crippen LogP contribution is -2.22. The number of hydrogen-bond acceptors (Lipinski definition) is 3. The van der Waals surface area contributed by atoms with Gasteiger partial charge < -0.3 is 15.8 Å². The quantitative estimate of drug-likeness (QED) is 0.510. The molecule has 0 unspecified atom stereocenters. The number of ether oxygens (including phenoxy) is 1. The first kappa shape index (κ1) is 18.0. The van der Waals surface area contributed by atoms with Crippen LogP contribution in [0.3, 0.4) is 0 Å². The van der Waals surface area contributed by atoms with Crippen LogP contribution in [-0.4, -0.2) is 10.9 Å². The smallest absolute Gasteiger partial charge is 0.219 e. The van der Waals surface area contributed by atoms with Gasteiger partial charge in [0.05, 0.1) is 6.54 Å². The number of rotatable bonds is 5. The van der Waals surface area contributed by atoms with Gasteiger partial charge in [-0.2, -0.15) is 0 Å². The largest absolute Gasteiger partial charge is 0.439 e. The number of nitrogens with two attached hydrogens (primary N) is 1. The summed E-state index contributed by atoms with van der Waals surface area (Å²) in [6.07, 6.45) is 5.14. The molecule has 5 nitrogen and oxygen atoms in total. The van der Waals surface area contributed by atoms with Gasteiger partial charge in [0, 0.05) is 18.0 Å². The summed E-state index contributed by atoms with van der Waals surface area (Å²) in [4.78, 5) is 8.57. The monoisotopic (exact) mass is 376 g/mol. The molecule has 0 saturated carbocycles. The highest BCUT2D eigenvalue weighted by atomic mass is 19.1. The van der Waals surface area contributed by atoms with Crippen LogP contribution in [0.15, 0.2) is 65.8 Å². The Balaban J connectivity index is 1.39. The number of guanidine groups is 1. The van der Waals surface area contributed by atoms with E-state index in [1.807, 2.05) is 12.1 Å². The van der Waals surface area contributed by atoms with Crippen LogP contribution >= 0.6 is 0 Å². The fraction of sp³-hybridized carbons (Fsp3) is 0.182. The molecule has 1 aliphatic rings. The Bertz CT molecular complexity index is 1000. The van der Waals surface area contributed by atoms with Gasteiger partial charge in [0.25, 0.3) is 0 Å². The lowest BCUT2D eigenvalue weighted by Gasteiger charge is -2.08. The Kier molecular flexibility index (Phi) is 5.19. The van der Waals surface area contributed by atoms with Crippen LogP contribution < -0.4 is 15.8 Å². The molecule has 3 N–H and O–H groups in total. The number of anilines is 1. The predicted octanol–water partition coefficient (Wildman–Crippen LogP) is 4.43. The van der Waals surface area contributed by atoms with Crippen molar-refractivity contribution in [3.05, 3.63) is 83.3 Å². The summed E-state index contributed by atoms with van der Waals surface area (Å²) in [5, 5.41) is 3.15. The number of aromatic nitrogens is 1. The van der Waals surface area contributed by atoms with Gasteiger partial charge in [-0.05, 0) is 78.4 Å². The number of halogens is 1. The third-order valence-corrected chi connectivity index (χ3v) is 4.64. The summed E-state index contributed by atoms with van der Waals surface area (Å²) < 4.78 is 18.6. The van der Waals surface area contributed by atoms with Crippen molar-refractivity contribution < 1.29 is 9.13 Å². The fourth-order valence-electron chi connectivity index (χ4n) is 3.24. The molecular weight excluding hydrogens is 355 g/mol. The summed E-state index contributed by atoms with van der Waals surface area (Å²) in [6, 6.07) is 15.8. The van der Waals surface area contributed by atoms with E-state index < -0.39 is 0 Å². The van der Waals surface area contributed by atoms with Gasteiger partial charge in [-0.3, -0.25) is 0 Å². The first-order chi connectivity index (χ1) is 13.7. The molecule has 1 heterocycles. The second-order valence-electron chi connectivity index (χ2n) is 6.72. The standard InChI is InChI=1S/C22H21FN4O/c23-18-5-8-20(9-6-18)28-21-12-15(10-11-25-21)14-26-22(24)27-19-7-4-16-2-1-3-17(16)13-19/h4-13H,1-3,14H2,(H3,24,26,27). The lowest BCUT2D eigenvalue weighted by molar-refractivity contribution is 0.460. The Morgan fingerprint density at radius 1 is 1.07 bits per heavy atom. The molecule has 0 saturated heterocycles. The zero-order valence-electron chi connectivity index (χ0n) is 15.4. The molecule has 0 aliphatic heterocycles. The SMILES string of the molecule is NC(=NCc1ccnc(Oc2ccc(F)cc2)c1)Nc1ccc2c(c1)CCC2. The highest BCUT2D eigenvalue weighted by Crippen LogP contribution is 2.25. The van der Waals surface area contributed by atoms with Crippen LogP contribution in [-0.2, 0) is 19.4 Å². The molecule has 3 aromatic rings. The predicted molar refractivity (Wildman–Crippen MR) is 108 cm³/mol. The molecule has 1 aliphatic carbocycles. The van der Waals surface area contributed by atoms with Gasteiger partial charge in [-0.1, -0.05) is 6.07 Å². The molecule has 4 rings (SSSR count). The summed E-state index contributed by atoms with van der Waals surface area (Å²) >= 11 is 0. The van der Waals surface area contributed by atoms with Crippen molar-refractivity contribution in [3.63, 3.8) is 0 Å². The van der Waals surface area contributed by atoms with E-state index in [0.717, 1.165) is 24.1 Å². The molecule has 2 aromatic carbocycles. The second-order valence-corrected chi connectivity index (χ2v) is 6.72. The average molecular weight is 376 g/mol. The zero-order valence-corrected chi connectivity index (χ0v) is 15.4. The van der Waals surface area contributed by atoms with Gasteiger partial charge in [-0.15, -0.1) is 0 Å². The maximum absolute atomic E-state index is 13.0. The number of fused-ring (bicyclic) bond motifs is 1. The first-order valence-electron chi connectivity index (χ1n) is 9.23. The Hall–Kier alpha value is -3.41. The molecule has 0 radical (unpaired) electrons. The van der Waals surface area contributed by atoms with Gasteiger partial charge >= 0.3 is 0 Å². The first-order valence-corrected chi connectivity index (χ1v) is 9.23. The molecular formula is C22H21FN4O. The lowest BCUT2D eigenvalue weighted by atomic mass is 10.1. The van der Waals surface area contributed by atoms with Crippen LogP contribution in [0, 0.1) is 5.82 Å². The third kappa shape index (κ3) is 4.46. The minimum atomic E-state index is -0.310. The van der Waals surface area contributed by atoms with Crippen molar-refractivity contribution in [2.75, 3.05) is 5.32 Å². The molecule has 142 valence electrons. The summed E-state index contributed by atoms with van der Waals surface area (Å²) in [6.45, 7) is 0.395. The van der Waals surface area contributed by atoms with Crippen LogP contribution in [0.2, 0.25) is 0 Å². The summed E-state index contributed by atoms with van der Waals surface area (Å²) in [7, 11) is 0. The zero-order chi connectivity index (χ0) is 19.3. The van der Waals surface area contributed by atoms with Gasteiger partial charge in [0.15, 0.2) is 5.96 Å². The molecule has 0 spiro atoms. The highest BCUT2D eigenvalue weighted by Gasteiger charge is 2.10. The van der Waals surface area contributed by atoms with Crippen LogP contribution in [0.25, 0.3) is 0 Å². The molecule has 0 bridgehead atoms. The maximum Gasteiger partial charge on any atom is 0.219 e. The molecule has 28 heavy (non-hydrogen) atoms. The summed E-state index contributed by atoms with van der Waals surface area (Å²) in [5.41, 5.74) is 10.7. The van der Waals surface area contributed by atoms with Gasteiger partial charge in [-0.25, -0.2) is 14.4 Å². The number of benzene rings is 2. The maximum atomic E-state index is 13.0. The van der Waals surface area contributed by atoms with E-state index in [1.165, 1.54) is 29.7 Å².